The van der Waals surface area contributed by atoms with Crippen molar-refractivity contribution in [2.24, 2.45) is 0 Å². The Labute approximate surface area is 207 Å². The number of nitrogens with zero attached hydrogens (tertiary/aromatic N) is 4. The molecular weight excluding hydrogens is 470 g/mol. The van der Waals surface area contributed by atoms with Gasteiger partial charge in [0.25, 0.3) is 0 Å². The Balaban J connectivity index is 1.36. The van der Waals surface area contributed by atoms with E-state index in [1.54, 1.807) is 0 Å². The van der Waals surface area contributed by atoms with E-state index < -0.39 is 10.0 Å². The third-order valence-electron chi connectivity index (χ3n) is 6.71. The number of anilines is 2. The van der Waals surface area contributed by atoms with E-state index in [2.05, 4.69) is 51.3 Å². The number of carbonyl (C=O) groups is 1. The van der Waals surface area contributed by atoms with E-state index in [1.807, 2.05) is 19.2 Å². The van der Waals surface area contributed by atoms with E-state index in [1.165, 1.54) is 27.6 Å². The van der Waals surface area contributed by atoms with Crippen LogP contribution in [-0.2, 0) is 14.8 Å². The summed E-state index contributed by atoms with van der Waals surface area (Å²) in [6, 6.07) is 12.3. The van der Waals surface area contributed by atoms with Crippen molar-refractivity contribution < 1.29 is 13.2 Å². The normalized spacial score (nSPS) is 19.0. The van der Waals surface area contributed by atoms with Gasteiger partial charge in [-0.2, -0.15) is 4.31 Å². The standard InChI is InChI=1S/C24H35N5O3S2/c1-26-12-10-21(11-13-26)29(34(3,31)32)18-23(30)25-24-9-8-22(33-24)19-4-6-20(7-5-19)28-16-14-27(2)15-17-28/h4-9,21H,10-18H2,1-3H3,(H,25,30). The first kappa shape index (κ1) is 25.1. The number of piperazine rings is 1. The van der Waals surface area contributed by atoms with Gasteiger partial charge in [0.2, 0.25) is 15.9 Å². The molecule has 4 rings (SSSR count). The molecule has 2 fully saturated rings. The molecule has 0 atom stereocenters. The van der Waals surface area contributed by atoms with Gasteiger partial charge in [-0.15, -0.1) is 11.3 Å². The lowest BCUT2D eigenvalue weighted by Gasteiger charge is -2.35. The summed E-state index contributed by atoms with van der Waals surface area (Å²) < 4.78 is 26.1. The van der Waals surface area contributed by atoms with Crippen LogP contribution in [0.2, 0.25) is 0 Å². The van der Waals surface area contributed by atoms with E-state index in [0.29, 0.717) is 0 Å². The first-order chi connectivity index (χ1) is 16.2. The molecule has 0 unspecified atom stereocenters. The summed E-state index contributed by atoms with van der Waals surface area (Å²) in [5, 5.41) is 3.62. The molecular formula is C24H35N5O3S2. The van der Waals surface area contributed by atoms with Gasteiger partial charge in [-0.3, -0.25) is 4.79 Å². The summed E-state index contributed by atoms with van der Waals surface area (Å²) in [6.45, 7) is 5.73. The van der Waals surface area contributed by atoms with Gasteiger partial charge in [-0.1, -0.05) is 12.1 Å². The summed E-state index contributed by atoms with van der Waals surface area (Å²) in [5.74, 6) is -0.303. The molecule has 0 radical (unpaired) electrons. The molecule has 0 saturated carbocycles. The molecule has 0 aliphatic carbocycles. The summed E-state index contributed by atoms with van der Waals surface area (Å²) in [6.07, 6.45) is 2.67. The van der Waals surface area contributed by atoms with Gasteiger partial charge in [0.1, 0.15) is 0 Å². The topological polar surface area (TPSA) is 76.2 Å². The van der Waals surface area contributed by atoms with Crippen molar-refractivity contribution in [3.8, 4) is 10.4 Å². The van der Waals surface area contributed by atoms with Gasteiger partial charge < -0.3 is 20.0 Å². The fraction of sp³-hybridized carbons (Fsp3) is 0.542. The quantitative estimate of drug-likeness (QED) is 0.623. The molecule has 8 nitrogen and oxygen atoms in total. The number of carbonyl (C=O) groups excluding carboxylic acids is 1. The molecule has 186 valence electrons. The number of hydrogen-bond donors (Lipinski definition) is 1. The van der Waals surface area contributed by atoms with E-state index >= 15 is 0 Å². The lowest BCUT2D eigenvalue weighted by atomic mass is 10.1. The predicted molar refractivity (Wildman–Crippen MR) is 140 cm³/mol. The zero-order valence-corrected chi connectivity index (χ0v) is 21.9. The molecule has 0 spiro atoms. The Morgan fingerprint density at radius 2 is 1.59 bits per heavy atom. The van der Waals surface area contributed by atoms with Crippen LogP contribution in [0, 0.1) is 0 Å². The van der Waals surface area contributed by atoms with Gasteiger partial charge in [0, 0.05) is 42.8 Å². The highest BCUT2D eigenvalue weighted by Crippen LogP contribution is 2.32. The Bertz CT molecular complexity index is 1070. The second kappa shape index (κ2) is 10.7. The third-order valence-corrected chi connectivity index (χ3v) is 9.04. The van der Waals surface area contributed by atoms with Crippen molar-refractivity contribution in [1.82, 2.24) is 14.1 Å². The first-order valence-corrected chi connectivity index (χ1v) is 14.4. The number of likely N-dealkylation sites (N-methyl/N-ethyl adjacent to an activating group) is 1. The second-order valence-electron chi connectivity index (χ2n) is 9.39. The van der Waals surface area contributed by atoms with Crippen LogP contribution in [0.25, 0.3) is 10.4 Å². The van der Waals surface area contributed by atoms with E-state index in [9.17, 15) is 13.2 Å². The molecule has 2 aliphatic heterocycles. The maximum atomic E-state index is 12.7. The molecule has 0 bridgehead atoms. The molecule has 1 N–H and O–H groups in total. The van der Waals surface area contributed by atoms with Crippen LogP contribution in [-0.4, -0.2) is 101 Å². The van der Waals surface area contributed by atoms with Crippen molar-refractivity contribution in [2.45, 2.75) is 18.9 Å². The van der Waals surface area contributed by atoms with Crippen molar-refractivity contribution in [2.75, 3.05) is 76.4 Å². The Kier molecular flexibility index (Phi) is 7.94. The summed E-state index contributed by atoms with van der Waals surface area (Å²) in [5.41, 5.74) is 2.34. The molecule has 1 aromatic heterocycles. The largest absolute Gasteiger partial charge is 0.369 e. The number of hydrogen-bond acceptors (Lipinski definition) is 7. The molecule has 34 heavy (non-hydrogen) atoms. The number of likely N-dealkylation sites (tertiary alicyclic amines) is 1. The summed E-state index contributed by atoms with van der Waals surface area (Å²) >= 11 is 1.50. The average Bonchev–Trinajstić information content (AvgIpc) is 3.26. The molecule has 2 saturated heterocycles. The highest BCUT2D eigenvalue weighted by atomic mass is 32.2. The number of amides is 1. The van der Waals surface area contributed by atoms with Gasteiger partial charge in [0.05, 0.1) is 17.8 Å². The highest BCUT2D eigenvalue weighted by Gasteiger charge is 2.31. The Morgan fingerprint density at radius 1 is 0.971 bits per heavy atom. The minimum atomic E-state index is -3.47. The fourth-order valence-electron chi connectivity index (χ4n) is 4.58. The molecule has 10 heteroatoms. The Hall–Kier alpha value is -1.98. The SMILES string of the molecule is CN1CCC(N(CC(=O)Nc2ccc(-c3ccc(N4CCN(C)CC4)cc3)s2)S(C)(=O)=O)CC1. The summed E-state index contributed by atoms with van der Waals surface area (Å²) in [4.78, 5) is 20.7. The molecule has 2 aliphatic rings. The lowest BCUT2D eigenvalue weighted by Crippen LogP contribution is -2.48. The predicted octanol–water partition coefficient (Wildman–Crippen LogP) is 2.46. The van der Waals surface area contributed by atoms with Gasteiger partial charge in [-0.05, 0) is 69.9 Å². The average molecular weight is 506 g/mol. The minimum absolute atomic E-state index is 0.130. The number of sulfonamides is 1. The van der Waals surface area contributed by atoms with Gasteiger partial charge >= 0.3 is 0 Å². The van der Waals surface area contributed by atoms with Gasteiger partial charge in [-0.25, -0.2) is 8.42 Å². The number of thiophene rings is 1. The zero-order valence-electron chi connectivity index (χ0n) is 20.2. The van der Waals surface area contributed by atoms with E-state index in [-0.39, 0.29) is 18.5 Å². The van der Waals surface area contributed by atoms with Crippen LogP contribution >= 0.6 is 11.3 Å². The maximum absolute atomic E-state index is 12.7. The monoisotopic (exact) mass is 505 g/mol. The van der Waals surface area contributed by atoms with Crippen LogP contribution in [0.4, 0.5) is 10.7 Å². The van der Waals surface area contributed by atoms with Gasteiger partial charge in [0.15, 0.2) is 0 Å². The maximum Gasteiger partial charge on any atom is 0.240 e. The highest BCUT2D eigenvalue weighted by molar-refractivity contribution is 7.88. The zero-order chi connectivity index (χ0) is 24.3. The number of benzene rings is 1. The first-order valence-electron chi connectivity index (χ1n) is 11.8. The van der Waals surface area contributed by atoms with Crippen LogP contribution in [0.15, 0.2) is 36.4 Å². The van der Waals surface area contributed by atoms with Crippen molar-refractivity contribution in [3.63, 3.8) is 0 Å². The minimum Gasteiger partial charge on any atom is -0.369 e. The van der Waals surface area contributed by atoms with Crippen LogP contribution < -0.4 is 10.2 Å². The molecule has 1 aromatic carbocycles. The van der Waals surface area contributed by atoms with E-state index in [0.717, 1.165) is 67.6 Å². The fourth-order valence-corrected chi connectivity index (χ4v) is 6.61. The van der Waals surface area contributed by atoms with Crippen molar-refractivity contribution in [1.29, 1.82) is 0 Å². The Morgan fingerprint density at radius 3 is 2.21 bits per heavy atom. The van der Waals surface area contributed by atoms with Crippen molar-refractivity contribution >= 4 is 38.0 Å². The second-order valence-corrected chi connectivity index (χ2v) is 12.4. The lowest BCUT2D eigenvalue weighted by molar-refractivity contribution is -0.116. The smallest absolute Gasteiger partial charge is 0.240 e. The number of rotatable bonds is 7. The van der Waals surface area contributed by atoms with E-state index in [4.69, 9.17) is 0 Å². The van der Waals surface area contributed by atoms with Crippen LogP contribution in [0.3, 0.4) is 0 Å². The number of piperidine rings is 1. The molecule has 1 amide bonds. The third kappa shape index (κ3) is 6.37. The number of nitrogens with one attached hydrogen (secondary N) is 1. The van der Waals surface area contributed by atoms with Crippen molar-refractivity contribution in [3.05, 3.63) is 36.4 Å². The van der Waals surface area contributed by atoms with Crippen LogP contribution in [0.5, 0.6) is 0 Å². The summed E-state index contributed by atoms with van der Waals surface area (Å²) in [7, 11) is 0.711. The van der Waals surface area contributed by atoms with Crippen LogP contribution in [0.1, 0.15) is 12.8 Å². The molecule has 2 aromatic rings. The molecule has 3 heterocycles.